The van der Waals surface area contributed by atoms with E-state index in [9.17, 15) is 4.79 Å². The van der Waals surface area contributed by atoms with Crippen LogP contribution in [0.2, 0.25) is 5.02 Å². The van der Waals surface area contributed by atoms with Gasteiger partial charge in [0.1, 0.15) is 0 Å². The molecule has 0 fully saturated rings. The number of thioether (sulfide) groups is 1. The summed E-state index contributed by atoms with van der Waals surface area (Å²) in [6.45, 7) is 0.0213. The summed E-state index contributed by atoms with van der Waals surface area (Å²) in [6, 6.07) is 12.8. The molecule has 2 N–H and O–H groups in total. The largest absolute Gasteiger partial charge is 0.392 e. The van der Waals surface area contributed by atoms with Gasteiger partial charge in [-0.3, -0.25) is 4.79 Å². The summed E-state index contributed by atoms with van der Waals surface area (Å²) in [5, 5.41) is 12.2. The van der Waals surface area contributed by atoms with E-state index in [2.05, 4.69) is 21.2 Å². The van der Waals surface area contributed by atoms with Crippen molar-refractivity contribution in [2.45, 2.75) is 11.5 Å². The van der Waals surface area contributed by atoms with Crippen molar-refractivity contribution in [3.63, 3.8) is 0 Å². The summed E-state index contributed by atoms with van der Waals surface area (Å²) in [4.78, 5) is 12.9. The van der Waals surface area contributed by atoms with Gasteiger partial charge in [0.05, 0.1) is 23.1 Å². The van der Waals surface area contributed by atoms with E-state index in [1.165, 1.54) is 11.8 Å². The number of aliphatic hydroxyl groups is 1. The number of anilines is 1. The molecule has 0 aliphatic rings. The van der Waals surface area contributed by atoms with Gasteiger partial charge in [-0.25, -0.2) is 0 Å². The van der Waals surface area contributed by atoms with Gasteiger partial charge < -0.3 is 10.4 Å². The number of amides is 1. The summed E-state index contributed by atoms with van der Waals surface area (Å²) in [7, 11) is 0. The first kappa shape index (κ1) is 16.4. The molecule has 0 aliphatic carbocycles. The molecule has 2 aromatic carbocycles. The molecule has 3 nitrogen and oxygen atoms in total. The molecule has 110 valence electrons. The first-order valence-corrected chi connectivity index (χ1v) is 8.31. The third kappa shape index (κ3) is 5.04. The molecule has 0 spiro atoms. The standard InChI is InChI=1S/C15H13BrClNO2S/c16-11-3-6-14(13(17)7-11)18-15(20)9-21-12-4-1-10(8-19)2-5-12/h1-7,19H,8-9H2,(H,18,20). The SMILES string of the molecule is O=C(CSc1ccc(CO)cc1)Nc1ccc(Br)cc1Cl. The highest BCUT2D eigenvalue weighted by atomic mass is 79.9. The Balaban J connectivity index is 1.89. The Kier molecular flexibility index (Phi) is 6.11. The van der Waals surface area contributed by atoms with Crippen LogP contribution in [0.5, 0.6) is 0 Å². The van der Waals surface area contributed by atoms with Gasteiger partial charge in [-0.15, -0.1) is 11.8 Å². The zero-order valence-corrected chi connectivity index (χ0v) is 14.1. The molecule has 0 unspecified atom stereocenters. The highest BCUT2D eigenvalue weighted by molar-refractivity contribution is 9.10. The second-order valence-electron chi connectivity index (χ2n) is 4.26. The van der Waals surface area contributed by atoms with E-state index in [0.717, 1.165) is 14.9 Å². The summed E-state index contributed by atoms with van der Waals surface area (Å²) in [6.07, 6.45) is 0. The second kappa shape index (κ2) is 7.84. The number of aliphatic hydroxyl groups excluding tert-OH is 1. The van der Waals surface area contributed by atoms with Crippen molar-refractivity contribution < 1.29 is 9.90 Å². The van der Waals surface area contributed by atoms with Crippen molar-refractivity contribution in [3.05, 3.63) is 57.5 Å². The van der Waals surface area contributed by atoms with E-state index < -0.39 is 0 Å². The van der Waals surface area contributed by atoms with E-state index in [4.69, 9.17) is 16.7 Å². The topological polar surface area (TPSA) is 49.3 Å². The Morgan fingerprint density at radius 2 is 1.95 bits per heavy atom. The number of halogens is 2. The van der Waals surface area contributed by atoms with Crippen LogP contribution in [0.15, 0.2) is 51.8 Å². The Morgan fingerprint density at radius 1 is 1.24 bits per heavy atom. The van der Waals surface area contributed by atoms with Gasteiger partial charge in [0, 0.05) is 9.37 Å². The summed E-state index contributed by atoms with van der Waals surface area (Å²) in [5.41, 5.74) is 1.45. The van der Waals surface area contributed by atoms with Crippen LogP contribution in [0.25, 0.3) is 0 Å². The van der Waals surface area contributed by atoms with Gasteiger partial charge in [-0.05, 0) is 35.9 Å². The molecule has 0 aliphatic heterocycles. The van der Waals surface area contributed by atoms with Crippen LogP contribution in [-0.4, -0.2) is 16.8 Å². The van der Waals surface area contributed by atoms with Gasteiger partial charge in [-0.2, -0.15) is 0 Å². The van der Waals surface area contributed by atoms with Crippen LogP contribution in [0, 0.1) is 0 Å². The van der Waals surface area contributed by atoms with Gasteiger partial charge in [0.25, 0.3) is 0 Å². The minimum atomic E-state index is -0.115. The minimum Gasteiger partial charge on any atom is -0.392 e. The molecule has 6 heteroatoms. The van der Waals surface area contributed by atoms with E-state index >= 15 is 0 Å². The molecule has 0 heterocycles. The number of nitrogens with one attached hydrogen (secondary N) is 1. The quantitative estimate of drug-likeness (QED) is 0.752. The van der Waals surface area contributed by atoms with Crippen molar-refractivity contribution in [2.24, 2.45) is 0 Å². The molecule has 0 saturated heterocycles. The highest BCUT2D eigenvalue weighted by Crippen LogP contribution is 2.26. The smallest absolute Gasteiger partial charge is 0.234 e. The third-order valence-corrected chi connectivity index (χ3v) is 4.50. The molecule has 0 atom stereocenters. The monoisotopic (exact) mass is 385 g/mol. The lowest BCUT2D eigenvalue weighted by atomic mass is 10.2. The lowest BCUT2D eigenvalue weighted by molar-refractivity contribution is -0.113. The lowest BCUT2D eigenvalue weighted by Gasteiger charge is -2.07. The number of rotatable bonds is 5. The number of hydrogen-bond donors (Lipinski definition) is 2. The van der Waals surface area contributed by atoms with E-state index in [1.807, 2.05) is 30.3 Å². The molecule has 1 amide bonds. The first-order chi connectivity index (χ1) is 10.1. The minimum absolute atomic E-state index is 0.0213. The molecular weight excluding hydrogens is 374 g/mol. The average Bonchev–Trinajstić information content (AvgIpc) is 2.48. The van der Waals surface area contributed by atoms with Gasteiger partial charge >= 0.3 is 0 Å². The summed E-state index contributed by atoms with van der Waals surface area (Å²) >= 11 is 10.8. The van der Waals surface area contributed by atoms with Crippen molar-refractivity contribution in [2.75, 3.05) is 11.1 Å². The van der Waals surface area contributed by atoms with Gasteiger partial charge in [-0.1, -0.05) is 39.7 Å². The van der Waals surface area contributed by atoms with Crippen LogP contribution in [0.3, 0.4) is 0 Å². The Labute approximate surface area is 140 Å². The highest BCUT2D eigenvalue weighted by Gasteiger charge is 2.07. The second-order valence-corrected chi connectivity index (χ2v) is 6.63. The molecular formula is C15H13BrClNO2S. The van der Waals surface area contributed by atoms with Crippen LogP contribution >= 0.6 is 39.3 Å². The molecule has 0 bridgehead atoms. The fraction of sp³-hybridized carbons (Fsp3) is 0.133. The number of carbonyl (C=O) groups is 1. The van der Waals surface area contributed by atoms with Crippen LogP contribution in [0.1, 0.15) is 5.56 Å². The molecule has 0 saturated carbocycles. The van der Waals surface area contributed by atoms with Gasteiger partial charge in [0.15, 0.2) is 0 Å². The van der Waals surface area contributed by atoms with Crippen molar-refractivity contribution in [1.82, 2.24) is 0 Å². The third-order valence-electron chi connectivity index (χ3n) is 2.68. The zero-order valence-electron chi connectivity index (χ0n) is 11.0. The molecule has 2 rings (SSSR count). The van der Waals surface area contributed by atoms with Crippen LogP contribution < -0.4 is 5.32 Å². The summed E-state index contributed by atoms with van der Waals surface area (Å²) < 4.78 is 0.865. The predicted octanol–water partition coefficient (Wildman–Crippen LogP) is 4.33. The molecule has 2 aromatic rings. The average molecular weight is 387 g/mol. The van der Waals surface area contributed by atoms with Crippen LogP contribution in [-0.2, 0) is 11.4 Å². The Bertz CT molecular complexity index is 634. The summed E-state index contributed by atoms with van der Waals surface area (Å²) in [5.74, 6) is 0.181. The fourth-order valence-corrected chi connectivity index (χ4v) is 3.04. The van der Waals surface area contributed by atoms with E-state index in [1.54, 1.807) is 12.1 Å². The molecule has 0 aromatic heterocycles. The van der Waals surface area contributed by atoms with Crippen molar-refractivity contribution in [1.29, 1.82) is 0 Å². The molecule has 21 heavy (non-hydrogen) atoms. The number of hydrogen-bond acceptors (Lipinski definition) is 3. The van der Waals surface area contributed by atoms with Crippen LogP contribution in [0.4, 0.5) is 5.69 Å². The Hall–Kier alpha value is -1.01. The first-order valence-electron chi connectivity index (χ1n) is 6.16. The maximum Gasteiger partial charge on any atom is 0.234 e. The normalized spacial score (nSPS) is 10.4. The van der Waals surface area contributed by atoms with E-state index in [0.29, 0.717) is 16.5 Å². The lowest BCUT2D eigenvalue weighted by Crippen LogP contribution is -2.14. The zero-order chi connectivity index (χ0) is 15.2. The maximum atomic E-state index is 11.9. The van der Waals surface area contributed by atoms with Crippen molar-refractivity contribution >= 4 is 50.9 Å². The van der Waals surface area contributed by atoms with Gasteiger partial charge in [0.2, 0.25) is 5.91 Å². The van der Waals surface area contributed by atoms with E-state index in [-0.39, 0.29) is 12.5 Å². The number of benzene rings is 2. The molecule has 0 radical (unpaired) electrons. The Morgan fingerprint density at radius 3 is 2.57 bits per heavy atom. The number of carbonyl (C=O) groups excluding carboxylic acids is 1. The fourth-order valence-electron chi connectivity index (χ4n) is 1.62. The maximum absolute atomic E-state index is 11.9. The van der Waals surface area contributed by atoms with Crippen molar-refractivity contribution in [3.8, 4) is 0 Å². The predicted molar refractivity (Wildman–Crippen MR) is 90.9 cm³/mol.